The molecular formula is C52H58F14. The fourth-order valence-electron chi connectivity index (χ4n) is 9.63. The van der Waals surface area contributed by atoms with E-state index in [1.165, 1.54) is 91.5 Å². The number of halogens is 14. The number of fused-ring (bicyclic) bond motifs is 4. The standard InChI is InChI=1S/2C11H10F4.2C11H11F3.C8H16/c2*1-5-3-7-4-6(2)11(14,15)8(7)10(13)9(5)12;2*1-6-3-8-5-7(2)11(13,14)10(8)9(12)4-6;1-7-3-5-8(2)6-4-7/h2*3,6H,4H2,1-2H3;2*3-4,7H,5H2,1-2H3;7-8H,3-6H2,1-2H3. The van der Waals surface area contributed by atoms with Gasteiger partial charge in [-0.25, -0.2) is 61.5 Å². The van der Waals surface area contributed by atoms with Crippen molar-refractivity contribution in [3.8, 4) is 0 Å². The third-order valence-electron chi connectivity index (χ3n) is 13.8. The molecule has 0 N–H and O–H groups in total. The van der Waals surface area contributed by atoms with Gasteiger partial charge in [0.15, 0.2) is 23.3 Å². The molecule has 0 radical (unpaired) electrons. The van der Waals surface area contributed by atoms with Crippen molar-refractivity contribution in [2.45, 2.75) is 144 Å². The van der Waals surface area contributed by atoms with Crippen LogP contribution in [0.25, 0.3) is 0 Å². The highest BCUT2D eigenvalue weighted by atomic mass is 19.3. The van der Waals surface area contributed by atoms with Crippen LogP contribution >= 0.6 is 0 Å². The number of aryl methyl sites for hydroxylation is 4. The van der Waals surface area contributed by atoms with Crippen molar-refractivity contribution in [3.63, 3.8) is 0 Å². The lowest BCUT2D eigenvalue weighted by Crippen LogP contribution is -2.19. The first kappa shape index (κ1) is 52.9. The third-order valence-corrected chi connectivity index (χ3v) is 13.8. The van der Waals surface area contributed by atoms with E-state index in [1.54, 1.807) is 26.0 Å². The average Bonchev–Trinajstić information content (AvgIpc) is 3.76. The first-order valence-electron chi connectivity index (χ1n) is 22.4. The summed E-state index contributed by atoms with van der Waals surface area (Å²) >= 11 is 0. The Morgan fingerprint density at radius 3 is 0.864 bits per heavy atom. The van der Waals surface area contributed by atoms with Gasteiger partial charge in [-0.2, -0.15) is 0 Å². The van der Waals surface area contributed by atoms with Crippen LogP contribution in [0.1, 0.15) is 134 Å². The minimum Gasteiger partial charge on any atom is -0.206 e. The molecule has 4 aromatic carbocycles. The van der Waals surface area contributed by atoms with Crippen molar-refractivity contribution in [3.05, 3.63) is 138 Å². The van der Waals surface area contributed by atoms with Crippen molar-refractivity contribution in [1.29, 1.82) is 0 Å². The van der Waals surface area contributed by atoms with Gasteiger partial charge in [-0.1, -0.05) is 91.5 Å². The fourth-order valence-corrected chi connectivity index (χ4v) is 9.63. The van der Waals surface area contributed by atoms with Crippen molar-refractivity contribution in [2.75, 3.05) is 0 Å². The summed E-state index contributed by atoms with van der Waals surface area (Å²) in [4.78, 5) is 0. The molecule has 0 bridgehead atoms. The van der Waals surface area contributed by atoms with E-state index in [2.05, 4.69) is 13.8 Å². The Morgan fingerprint density at radius 1 is 0.348 bits per heavy atom. The van der Waals surface area contributed by atoms with Crippen molar-refractivity contribution in [2.24, 2.45) is 35.5 Å². The predicted octanol–water partition coefficient (Wildman–Crippen LogP) is 16.8. The van der Waals surface area contributed by atoms with Crippen LogP contribution in [0.15, 0.2) is 36.4 Å². The van der Waals surface area contributed by atoms with Crippen molar-refractivity contribution >= 4 is 0 Å². The topological polar surface area (TPSA) is 0 Å². The Morgan fingerprint density at radius 2 is 0.591 bits per heavy atom. The molecule has 66 heavy (non-hydrogen) atoms. The maximum Gasteiger partial charge on any atom is 0.279 e. The van der Waals surface area contributed by atoms with Crippen LogP contribution in [0.4, 0.5) is 61.5 Å². The van der Waals surface area contributed by atoms with Gasteiger partial charge in [0.25, 0.3) is 23.7 Å². The van der Waals surface area contributed by atoms with E-state index < -0.39 is 105 Å². The summed E-state index contributed by atoms with van der Waals surface area (Å²) < 4.78 is 188. The molecule has 14 heteroatoms. The fraction of sp³-hybridized carbons (Fsp3) is 0.538. The molecule has 364 valence electrons. The van der Waals surface area contributed by atoms with E-state index in [0.29, 0.717) is 22.3 Å². The highest BCUT2D eigenvalue weighted by molar-refractivity contribution is 5.44. The van der Waals surface area contributed by atoms with Crippen molar-refractivity contribution < 1.29 is 61.5 Å². The molecular weight excluding hydrogens is 891 g/mol. The van der Waals surface area contributed by atoms with Crippen LogP contribution in [0.3, 0.4) is 0 Å². The van der Waals surface area contributed by atoms with E-state index in [1.807, 2.05) is 0 Å². The van der Waals surface area contributed by atoms with Gasteiger partial charge in [0.1, 0.15) is 11.6 Å². The van der Waals surface area contributed by atoms with Gasteiger partial charge < -0.3 is 0 Å². The Kier molecular flexibility index (Phi) is 15.6. The molecule has 0 amide bonds. The van der Waals surface area contributed by atoms with E-state index in [-0.39, 0.29) is 47.9 Å². The Bertz CT molecular complexity index is 2240. The van der Waals surface area contributed by atoms with Crippen LogP contribution in [-0.4, -0.2) is 0 Å². The van der Waals surface area contributed by atoms with Crippen LogP contribution in [0.5, 0.6) is 0 Å². The second-order valence-electron chi connectivity index (χ2n) is 19.6. The molecule has 0 heterocycles. The largest absolute Gasteiger partial charge is 0.279 e. The molecule has 5 aliphatic carbocycles. The molecule has 0 aromatic heterocycles. The molecule has 5 aliphatic rings. The lowest BCUT2D eigenvalue weighted by Gasteiger charge is -2.22. The zero-order valence-corrected chi connectivity index (χ0v) is 38.9. The van der Waals surface area contributed by atoms with Crippen LogP contribution in [0, 0.1) is 98.1 Å². The zero-order chi connectivity index (χ0) is 49.8. The van der Waals surface area contributed by atoms with Gasteiger partial charge in [-0.15, -0.1) is 0 Å². The number of alkyl halides is 8. The molecule has 0 nitrogen and oxygen atoms in total. The summed E-state index contributed by atoms with van der Waals surface area (Å²) in [6.07, 6.45) is 6.62. The van der Waals surface area contributed by atoms with Crippen LogP contribution < -0.4 is 0 Å². The highest BCUT2D eigenvalue weighted by Gasteiger charge is 2.51. The van der Waals surface area contributed by atoms with Gasteiger partial charge in [0.2, 0.25) is 0 Å². The average molecular weight is 949 g/mol. The lowest BCUT2D eigenvalue weighted by molar-refractivity contribution is -0.0485. The quantitative estimate of drug-likeness (QED) is 0.154. The summed E-state index contributed by atoms with van der Waals surface area (Å²) in [6, 6.07) is 8.26. The van der Waals surface area contributed by atoms with Gasteiger partial charge in [-0.05, 0) is 122 Å². The first-order valence-corrected chi connectivity index (χ1v) is 22.4. The second kappa shape index (κ2) is 19.5. The number of hydrogen-bond acceptors (Lipinski definition) is 0. The molecule has 9 rings (SSSR count). The lowest BCUT2D eigenvalue weighted by atomic mass is 9.84. The summed E-state index contributed by atoms with van der Waals surface area (Å²) in [6.45, 7) is 16.5. The molecule has 4 atom stereocenters. The first-order chi connectivity index (χ1) is 30.3. The SMILES string of the molecule is CC1CCC(C)CC1.Cc1cc(F)c2c(c1)CC(C)C2(F)F.Cc1cc(F)c2c(c1)CC(C)C2(F)F.Cc1cc2c(c(F)c1F)C(F)(F)C(C)C2.Cc1cc2c(c(F)c1F)C(F)(F)C(C)C2. The van der Waals surface area contributed by atoms with Crippen LogP contribution in [0.2, 0.25) is 0 Å². The Balaban J connectivity index is 0.000000157. The maximum atomic E-state index is 13.5. The zero-order valence-electron chi connectivity index (χ0n) is 38.9. The maximum absolute atomic E-state index is 13.5. The monoisotopic (exact) mass is 948 g/mol. The molecule has 1 saturated carbocycles. The second-order valence-corrected chi connectivity index (χ2v) is 19.6. The Hall–Kier alpha value is -4.10. The van der Waals surface area contributed by atoms with Crippen molar-refractivity contribution in [1.82, 2.24) is 0 Å². The molecule has 4 aromatic rings. The summed E-state index contributed by atoms with van der Waals surface area (Å²) in [5, 5.41) is 0. The number of benzene rings is 4. The minimum absolute atomic E-state index is 0.0798. The molecule has 0 spiro atoms. The summed E-state index contributed by atoms with van der Waals surface area (Å²) in [5.74, 6) is -20.7. The number of rotatable bonds is 0. The normalized spacial score (nSPS) is 25.3. The van der Waals surface area contributed by atoms with Gasteiger partial charge in [-0.3, -0.25) is 0 Å². The highest BCUT2D eigenvalue weighted by Crippen LogP contribution is 2.50. The van der Waals surface area contributed by atoms with E-state index in [4.69, 9.17) is 0 Å². The molecule has 1 fully saturated rings. The van der Waals surface area contributed by atoms with E-state index in [9.17, 15) is 61.5 Å². The molecule has 0 aliphatic heterocycles. The molecule has 4 unspecified atom stereocenters. The smallest absolute Gasteiger partial charge is 0.206 e. The van der Waals surface area contributed by atoms with E-state index >= 15 is 0 Å². The Labute approximate surface area is 378 Å². The van der Waals surface area contributed by atoms with Crippen LogP contribution in [-0.2, 0) is 49.4 Å². The molecule has 0 saturated heterocycles. The third kappa shape index (κ3) is 10.3. The predicted molar refractivity (Wildman–Crippen MR) is 228 cm³/mol. The number of hydrogen-bond donors (Lipinski definition) is 0. The van der Waals surface area contributed by atoms with Gasteiger partial charge >= 0.3 is 0 Å². The van der Waals surface area contributed by atoms with Gasteiger partial charge in [0.05, 0.1) is 22.3 Å². The summed E-state index contributed by atoms with van der Waals surface area (Å²) in [5.41, 5.74) is 0.639. The van der Waals surface area contributed by atoms with Gasteiger partial charge in [0, 0.05) is 23.7 Å². The summed E-state index contributed by atoms with van der Waals surface area (Å²) in [7, 11) is 0. The minimum atomic E-state index is -3.26. The van der Waals surface area contributed by atoms with E-state index in [0.717, 1.165) is 11.8 Å².